The highest BCUT2D eigenvalue weighted by molar-refractivity contribution is 6.17. The SMILES string of the molecule is CC1(CCCl)CNCCN1. The number of rotatable bonds is 2. The van der Waals surface area contributed by atoms with E-state index in [4.69, 9.17) is 11.6 Å². The molecule has 60 valence electrons. The Morgan fingerprint density at radius 1 is 1.50 bits per heavy atom. The van der Waals surface area contributed by atoms with Crippen molar-refractivity contribution in [1.29, 1.82) is 0 Å². The summed E-state index contributed by atoms with van der Waals surface area (Å²) >= 11 is 5.66. The Morgan fingerprint density at radius 3 is 2.80 bits per heavy atom. The van der Waals surface area contributed by atoms with Crippen molar-refractivity contribution >= 4 is 11.6 Å². The third kappa shape index (κ3) is 2.11. The van der Waals surface area contributed by atoms with Crippen molar-refractivity contribution in [3.63, 3.8) is 0 Å². The molecule has 0 amide bonds. The Kier molecular flexibility index (Phi) is 2.96. The second-order valence-corrected chi connectivity index (χ2v) is 3.48. The van der Waals surface area contributed by atoms with E-state index < -0.39 is 0 Å². The first kappa shape index (κ1) is 8.31. The van der Waals surface area contributed by atoms with Crippen LogP contribution in [0.25, 0.3) is 0 Å². The fourth-order valence-electron chi connectivity index (χ4n) is 1.26. The summed E-state index contributed by atoms with van der Waals surface area (Å²) in [5, 5.41) is 6.79. The summed E-state index contributed by atoms with van der Waals surface area (Å²) in [5.74, 6) is 0.741. The van der Waals surface area contributed by atoms with Gasteiger partial charge in [-0.05, 0) is 13.3 Å². The Labute approximate surface area is 67.3 Å². The Hall–Kier alpha value is 0.210. The van der Waals surface area contributed by atoms with E-state index in [1.54, 1.807) is 0 Å². The van der Waals surface area contributed by atoms with Gasteiger partial charge in [0.2, 0.25) is 0 Å². The fourth-order valence-corrected chi connectivity index (χ4v) is 1.68. The second-order valence-electron chi connectivity index (χ2n) is 3.10. The molecular weight excluding hydrogens is 148 g/mol. The molecule has 1 saturated heterocycles. The summed E-state index contributed by atoms with van der Waals surface area (Å²) < 4.78 is 0. The topological polar surface area (TPSA) is 24.1 Å². The highest BCUT2D eigenvalue weighted by atomic mass is 35.5. The zero-order valence-electron chi connectivity index (χ0n) is 6.41. The number of alkyl halides is 1. The minimum absolute atomic E-state index is 0.236. The van der Waals surface area contributed by atoms with Gasteiger partial charge >= 0.3 is 0 Å². The van der Waals surface area contributed by atoms with Crippen LogP contribution < -0.4 is 10.6 Å². The van der Waals surface area contributed by atoms with Gasteiger partial charge in [0, 0.05) is 31.1 Å². The summed E-state index contributed by atoms with van der Waals surface area (Å²) in [4.78, 5) is 0. The smallest absolute Gasteiger partial charge is 0.0289 e. The molecule has 0 aromatic carbocycles. The van der Waals surface area contributed by atoms with Gasteiger partial charge < -0.3 is 10.6 Å². The Balaban J connectivity index is 2.32. The zero-order chi connectivity index (χ0) is 7.45. The van der Waals surface area contributed by atoms with Gasteiger partial charge in [-0.2, -0.15) is 0 Å². The molecule has 1 aliphatic heterocycles. The van der Waals surface area contributed by atoms with E-state index in [0.29, 0.717) is 0 Å². The first-order valence-corrected chi connectivity index (χ1v) is 4.32. The summed E-state index contributed by atoms with van der Waals surface area (Å²) in [7, 11) is 0. The maximum atomic E-state index is 5.66. The summed E-state index contributed by atoms with van der Waals surface area (Å²) in [6.07, 6.45) is 1.04. The van der Waals surface area contributed by atoms with Crippen molar-refractivity contribution in [3.8, 4) is 0 Å². The molecule has 3 heteroatoms. The number of nitrogens with one attached hydrogen (secondary N) is 2. The highest BCUT2D eigenvalue weighted by Gasteiger charge is 2.24. The number of hydrogen-bond donors (Lipinski definition) is 2. The van der Waals surface area contributed by atoms with E-state index in [9.17, 15) is 0 Å². The Bertz CT molecular complexity index is 94.3. The first-order valence-electron chi connectivity index (χ1n) is 3.79. The quantitative estimate of drug-likeness (QED) is 0.581. The van der Waals surface area contributed by atoms with Crippen molar-refractivity contribution in [2.24, 2.45) is 0 Å². The van der Waals surface area contributed by atoms with E-state index >= 15 is 0 Å². The van der Waals surface area contributed by atoms with Crippen LogP contribution in [-0.2, 0) is 0 Å². The molecular formula is C7H15ClN2. The molecule has 0 aromatic rings. The van der Waals surface area contributed by atoms with Crippen molar-refractivity contribution in [3.05, 3.63) is 0 Å². The van der Waals surface area contributed by atoms with Gasteiger partial charge in [0.05, 0.1) is 0 Å². The van der Waals surface area contributed by atoms with Gasteiger partial charge in [0.15, 0.2) is 0 Å². The van der Waals surface area contributed by atoms with Gasteiger partial charge in [-0.3, -0.25) is 0 Å². The minimum atomic E-state index is 0.236. The van der Waals surface area contributed by atoms with Crippen LogP contribution in [0.15, 0.2) is 0 Å². The monoisotopic (exact) mass is 162 g/mol. The number of piperazine rings is 1. The molecule has 1 aliphatic rings. The molecule has 10 heavy (non-hydrogen) atoms. The Morgan fingerprint density at radius 2 is 2.30 bits per heavy atom. The van der Waals surface area contributed by atoms with Gasteiger partial charge in [-0.25, -0.2) is 0 Å². The lowest BCUT2D eigenvalue weighted by Gasteiger charge is -2.35. The van der Waals surface area contributed by atoms with Crippen LogP contribution in [0, 0.1) is 0 Å². The average molecular weight is 163 g/mol. The lowest BCUT2D eigenvalue weighted by atomic mass is 9.97. The average Bonchev–Trinajstić information content (AvgIpc) is 1.89. The highest BCUT2D eigenvalue weighted by Crippen LogP contribution is 2.10. The molecule has 2 nitrogen and oxygen atoms in total. The molecule has 2 N–H and O–H groups in total. The maximum absolute atomic E-state index is 5.66. The van der Waals surface area contributed by atoms with Crippen LogP contribution in [-0.4, -0.2) is 31.1 Å². The molecule has 1 unspecified atom stereocenters. The molecule has 1 fully saturated rings. The third-order valence-electron chi connectivity index (χ3n) is 2.01. The summed E-state index contributed by atoms with van der Waals surface area (Å²) in [5.41, 5.74) is 0.236. The number of halogens is 1. The standard InChI is InChI=1S/C7H15ClN2/c1-7(2-3-8)6-9-4-5-10-7/h9-10H,2-6H2,1H3. The van der Waals surface area contributed by atoms with Crippen LogP contribution in [0.5, 0.6) is 0 Å². The van der Waals surface area contributed by atoms with Crippen molar-refractivity contribution in [1.82, 2.24) is 10.6 Å². The molecule has 0 spiro atoms. The summed E-state index contributed by atoms with van der Waals surface area (Å²) in [6, 6.07) is 0. The minimum Gasteiger partial charge on any atom is -0.314 e. The van der Waals surface area contributed by atoms with Gasteiger partial charge in [-0.15, -0.1) is 11.6 Å². The van der Waals surface area contributed by atoms with E-state index in [-0.39, 0.29) is 5.54 Å². The largest absolute Gasteiger partial charge is 0.314 e. The van der Waals surface area contributed by atoms with Crippen LogP contribution in [0.1, 0.15) is 13.3 Å². The van der Waals surface area contributed by atoms with Crippen molar-refractivity contribution < 1.29 is 0 Å². The first-order chi connectivity index (χ1) is 4.77. The normalized spacial score (nSPS) is 34.2. The molecule has 1 atom stereocenters. The van der Waals surface area contributed by atoms with Gasteiger partial charge in [-0.1, -0.05) is 0 Å². The van der Waals surface area contributed by atoms with Crippen LogP contribution in [0.3, 0.4) is 0 Å². The number of hydrogen-bond acceptors (Lipinski definition) is 2. The van der Waals surface area contributed by atoms with E-state index in [1.807, 2.05) is 0 Å². The fraction of sp³-hybridized carbons (Fsp3) is 1.00. The van der Waals surface area contributed by atoms with Gasteiger partial charge in [0.25, 0.3) is 0 Å². The maximum Gasteiger partial charge on any atom is 0.0289 e. The molecule has 1 heterocycles. The predicted octanol–water partition coefficient (Wildman–Crippen LogP) is 0.567. The van der Waals surface area contributed by atoms with E-state index in [2.05, 4.69) is 17.6 Å². The van der Waals surface area contributed by atoms with Crippen molar-refractivity contribution in [2.45, 2.75) is 18.9 Å². The molecule has 0 radical (unpaired) electrons. The second kappa shape index (κ2) is 3.56. The predicted molar refractivity (Wildman–Crippen MR) is 44.6 cm³/mol. The lowest BCUT2D eigenvalue weighted by molar-refractivity contribution is 0.289. The third-order valence-corrected chi connectivity index (χ3v) is 2.20. The van der Waals surface area contributed by atoms with Crippen LogP contribution in [0.4, 0.5) is 0 Å². The van der Waals surface area contributed by atoms with Crippen LogP contribution in [0.2, 0.25) is 0 Å². The molecule has 0 saturated carbocycles. The molecule has 0 aliphatic carbocycles. The van der Waals surface area contributed by atoms with E-state index in [1.165, 1.54) is 0 Å². The zero-order valence-corrected chi connectivity index (χ0v) is 7.17. The van der Waals surface area contributed by atoms with Crippen LogP contribution >= 0.6 is 11.6 Å². The van der Waals surface area contributed by atoms with Crippen molar-refractivity contribution in [2.75, 3.05) is 25.5 Å². The lowest BCUT2D eigenvalue weighted by Crippen LogP contribution is -2.57. The molecule has 1 rings (SSSR count). The van der Waals surface area contributed by atoms with E-state index in [0.717, 1.165) is 31.9 Å². The summed E-state index contributed by atoms with van der Waals surface area (Å²) in [6.45, 7) is 5.40. The molecule has 0 bridgehead atoms. The molecule has 0 aromatic heterocycles. The van der Waals surface area contributed by atoms with Gasteiger partial charge in [0.1, 0.15) is 0 Å².